The molecule has 1 aromatic carbocycles. The average molecular weight is 441 g/mol. The van der Waals surface area contributed by atoms with Crippen LogP contribution in [0.15, 0.2) is 67.8 Å². The number of nitrogens with zero attached hydrogens (tertiary/aromatic N) is 4. The maximum Gasteiger partial charge on any atom is 0.126 e. The summed E-state index contributed by atoms with van der Waals surface area (Å²) in [5, 5.41) is 13.0. The molecule has 0 aliphatic carbocycles. The second kappa shape index (κ2) is 10.9. The first-order chi connectivity index (χ1) is 16.1. The molecule has 0 radical (unpaired) electrons. The second-order valence-electron chi connectivity index (χ2n) is 8.47. The lowest BCUT2D eigenvalue weighted by atomic mass is 9.93. The van der Waals surface area contributed by atoms with Gasteiger partial charge in [-0.15, -0.1) is 0 Å². The van der Waals surface area contributed by atoms with Crippen LogP contribution in [0, 0.1) is 5.92 Å². The van der Waals surface area contributed by atoms with Crippen molar-refractivity contribution in [1.82, 2.24) is 25.1 Å². The minimum atomic E-state index is 0.804. The maximum atomic E-state index is 4.41. The largest absolute Gasteiger partial charge is 0.373 e. The molecule has 4 heterocycles. The Morgan fingerprint density at radius 3 is 2.64 bits per heavy atom. The number of rotatable bonds is 5. The topological polar surface area (TPSA) is 67.7 Å². The standard InChI is InChI=1S/C14H14N4.C13H18N2/c1-15-14-6-12-5-10(3-4-11(12)7-16-14)13-8-17-18(2)9-13;1-2-11-5-8-15-13(9-11)10-12-3-6-14-7-4-12/h3-9H,1-2H3,(H,15,16);2,5,8-9,12,14H,1,3-4,6-7,10H2. The van der Waals surface area contributed by atoms with Gasteiger partial charge in [0, 0.05) is 49.3 Å². The van der Waals surface area contributed by atoms with Gasteiger partial charge in [0.05, 0.1) is 6.20 Å². The number of benzene rings is 1. The van der Waals surface area contributed by atoms with Gasteiger partial charge in [-0.25, -0.2) is 4.98 Å². The summed E-state index contributed by atoms with van der Waals surface area (Å²) in [6.07, 6.45) is 13.2. The van der Waals surface area contributed by atoms with Crippen LogP contribution in [-0.4, -0.2) is 39.9 Å². The predicted molar refractivity (Wildman–Crippen MR) is 137 cm³/mol. The van der Waals surface area contributed by atoms with Gasteiger partial charge < -0.3 is 10.6 Å². The van der Waals surface area contributed by atoms with Crippen LogP contribution < -0.4 is 10.6 Å². The lowest BCUT2D eigenvalue weighted by Gasteiger charge is -2.22. The minimum absolute atomic E-state index is 0.804. The lowest BCUT2D eigenvalue weighted by molar-refractivity contribution is 0.370. The van der Waals surface area contributed by atoms with Crippen molar-refractivity contribution in [3.8, 4) is 11.1 Å². The number of anilines is 1. The van der Waals surface area contributed by atoms with Gasteiger partial charge in [0.1, 0.15) is 5.82 Å². The first-order valence-electron chi connectivity index (χ1n) is 11.5. The zero-order valence-corrected chi connectivity index (χ0v) is 19.5. The van der Waals surface area contributed by atoms with Crippen LogP contribution in [0.25, 0.3) is 28.0 Å². The summed E-state index contributed by atoms with van der Waals surface area (Å²) in [7, 11) is 3.80. The fourth-order valence-electron chi connectivity index (χ4n) is 4.14. The SMILES string of the molecule is C=Cc1ccnc(CC2CCNCC2)c1.CNc1cc2cc(-c3cnn(C)c3)ccc2cn1. The van der Waals surface area contributed by atoms with E-state index in [0.29, 0.717) is 0 Å². The molecule has 170 valence electrons. The number of hydrogen-bond acceptors (Lipinski definition) is 5. The third-order valence-corrected chi connectivity index (χ3v) is 6.05. The summed E-state index contributed by atoms with van der Waals surface area (Å²) < 4.78 is 1.81. The summed E-state index contributed by atoms with van der Waals surface area (Å²) in [5.74, 6) is 1.68. The van der Waals surface area contributed by atoms with E-state index in [1.165, 1.54) is 35.0 Å². The minimum Gasteiger partial charge on any atom is -0.373 e. The Balaban J connectivity index is 0.000000160. The Labute approximate surface area is 195 Å². The van der Waals surface area contributed by atoms with E-state index in [9.17, 15) is 0 Å². The molecule has 1 aliphatic heterocycles. The highest BCUT2D eigenvalue weighted by atomic mass is 15.2. The molecule has 5 rings (SSSR count). The monoisotopic (exact) mass is 440 g/mol. The van der Waals surface area contributed by atoms with Crippen molar-refractivity contribution < 1.29 is 0 Å². The number of aryl methyl sites for hydroxylation is 1. The fraction of sp³-hybridized carbons (Fsp3) is 0.296. The molecule has 1 saturated heterocycles. The van der Waals surface area contributed by atoms with E-state index in [4.69, 9.17) is 0 Å². The summed E-state index contributed by atoms with van der Waals surface area (Å²) in [6.45, 7) is 6.10. The summed E-state index contributed by atoms with van der Waals surface area (Å²) in [4.78, 5) is 8.72. The molecule has 0 atom stereocenters. The van der Waals surface area contributed by atoms with E-state index >= 15 is 0 Å². The third kappa shape index (κ3) is 6.05. The molecular weight excluding hydrogens is 408 g/mol. The second-order valence-corrected chi connectivity index (χ2v) is 8.47. The molecule has 2 N–H and O–H groups in total. The maximum absolute atomic E-state index is 4.41. The van der Waals surface area contributed by atoms with Crippen LogP contribution in [0.5, 0.6) is 0 Å². The van der Waals surface area contributed by atoms with E-state index in [0.717, 1.165) is 42.2 Å². The van der Waals surface area contributed by atoms with Crippen molar-refractivity contribution in [3.63, 3.8) is 0 Å². The van der Waals surface area contributed by atoms with Crippen molar-refractivity contribution in [2.45, 2.75) is 19.3 Å². The molecule has 6 nitrogen and oxygen atoms in total. The smallest absolute Gasteiger partial charge is 0.126 e. The summed E-state index contributed by atoms with van der Waals surface area (Å²) in [6, 6.07) is 12.5. The molecular formula is C27H32N6. The highest BCUT2D eigenvalue weighted by Gasteiger charge is 2.13. The Morgan fingerprint density at radius 2 is 1.91 bits per heavy atom. The molecule has 0 unspecified atom stereocenters. The predicted octanol–water partition coefficient (Wildman–Crippen LogP) is 4.94. The van der Waals surface area contributed by atoms with Gasteiger partial charge in [-0.05, 0) is 79.0 Å². The highest BCUT2D eigenvalue weighted by molar-refractivity contribution is 5.88. The number of nitrogens with one attached hydrogen (secondary N) is 2. The zero-order chi connectivity index (χ0) is 23.0. The van der Waals surface area contributed by atoms with E-state index in [1.54, 1.807) is 0 Å². The van der Waals surface area contributed by atoms with Crippen molar-refractivity contribution in [3.05, 3.63) is 79.0 Å². The number of pyridine rings is 2. The highest BCUT2D eigenvalue weighted by Crippen LogP contribution is 2.25. The van der Waals surface area contributed by atoms with Gasteiger partial charge in [0.25, 0.3) is 0 Å². The van der Waals surface area contributed by atoms with Gasteiger partial charge in [-0.1, -0.05) is 24.8 Å². The van der Waals surface area contributed by atoms with Gasteiger partial charge in [-0.3, -0.25) is 9.67 Å². The van der Waals surface area contributed by atoms with Crippen LogP contribution in [0.4, 0.5) is 5.82 Å². The van der Waals surface area contributed by atoms with E-state index in [1.807, 2.05) is 55.7 Å². The molecule has 6 heteroatoms. The molecule has 1 fully saturated rings. The molecule has 1 aliphatic rings. The fourth-order valence-corrected chi connectivity index (χ4v) is 4.14. The molecule has 3 aromatic heterocycles. The quantitative estimate of drug-likeness (QED) is 0.460. The van der Waals surface area contributed by atoms with Gasteiger partial charge >= 0.3 is 0 Å². The Bertz CT molecular complexity index is 1210. The van der Waals surface area contributed by atoms with Crippen molar-refractivity contribution >= 4 is 22.7 Å². The van der Waals surface area contributed by atoms with Crippen molar-refractivity contribution in [1.29, 1.82) is 0 Å². The third-order valence-electron chi connectivity index (χ3n) is 6.05. The molecule has 0 amide bonds. The molecule has 0 saturated carbocycles. The number of aromatic nitrogens is 4. The van der Waals surface area contributed by atoms with Gasteiger partial charge in [-0.2, -0.15) is 5.10 Å². The van der Waals surface area contributed by atoms with E-state index in [2.05, 4.69) is 62.6 Å². The van der Waals surface area contributed by atoms with Crippen LogP contribution in [0.2, 0.25) is 0 Å². The molecule has 4 aromatic rings. The number of piperidine rings is 1. The Kier molecular flexibility index (Phi) is 7.47. The lowest BCUT2D eigenvalue weighted by Crippen LogP contribution is -2.28. The molecule has 0 bridgehead atoms. The molecule has 33 heavy (non-hydrogen) atoms. The zero-order valence-electron chi connectivity index (χ0n) is 19.5. The number of fused-ring (bicyclic) bond motifs is 1. The van der Waals surface area contributed by atoms with Gasteiger partial charge in [0.2, 0.25) is 0 Å². The average Bonchev–Trinajstić information content (AvgIpc) is 3.30. The van der Waals surface area contributed by atoms with Crippen LogP contribution in [-0.2, 0) is 13.5 Å². The Morgan fingerprint density at radius 1 is 1.06 bits per heavy atom. The first kappa shape index (κ1) is 22.7. The van der Waals surface area contributed by atoms with Crippen molar-refractivity contribution in [2.75, 3.05) is 25.5 Å². The summed E-state index contributed by atoms with van der Waals surface area (Å²) >= 11 is 0. The first-order valence-corrected chi connectivity index (χ1v) is 11.5. The summed E-state index contributed by atoms with van der Waals surface area (Å²) in [5.41, 5.74) is 4.68. The van der Waals surface area contributed by atoms with E-state index in [-0.39, 0.29) is 0 Å². The number of hydrogen-bond donors (Lipinski definition) is 2. The van der Waals surface area contributed by atoms with E-state index < -0.39 is 0 Å². The van der Waals surface area contributed by atoms with Crippen LogP contribution >= 0.6 is 0 Å². The van der Waals surface area contributed by atoms with Crippen LogP contribution in [0.1, 0.15) is 24.1 Å². The van der Waals surface area contributed by atoms with Crippen LogP contribution in [0.3, 0.4) is 0 Å². The Hall–Kier alpha value is -3.51. The normalized spacial score (nSPS) is 13.9. The van der Waals surface area contributed by atoms with Gasteiger partial charge in [0.15, 0.2) is 0 Å². The molecule has 0 spiro atoms. The van der Waals surface area contributed by atoms with Crippen molar-refractivity contribution in [2.24, 2.45) is 13.0 Å².